The van der Waals surface area contributed by atoms with Gasteiger partial charge in [0.05, 0.1) is 10.5 Å². The van der Waals surface area contributed by atoms with Gasteiger partial charge in [0.15, 0.2) is 0 Å². The lowest BCUT2D eigenvalue weighted by molar-refractivity contribution is -0.137. The lowest BCUT2D eigenvalue weighted by Gasteiger charge is -2.28. The minimum atomic E-state index is -4.47. The van der Waals surface area contributed by atoms with Crippen molar-refractivity contribution in [2.75, 3.05) is 13.1 Å². The molecule has 0 radical (unpaired) electrons. The fraction of sp³-hybridized carbons (Fsp3) is 0.600. The quantitative estimate of drug-likeness (QED) is 0.910. The predicted octanol–water partition coefficient (Wildman–Crippen LogP) is 2.53. The molecule has 1 N–H and O–H groups in total. The number of hydrogen-bond acceptors (Lipinski definition) is 3. The second kappa shape index (κ2) is 5.75. The van der Waals surface area contributed by atoms with Crippen LogP contribution in [0.1, 0.15) is 30.4 Å². The number of halogens is 3. The zero-order valence-corrected chi connectivity index (χ0v) is 13.5. The van der Waals surface area contributed by atoms with Gasteiger partial charge < -0.3 is 5.32 Å². The summed E-state index contributed by atoms with van der Waals surface area (Å²) >= 11 is 0. The largest absolute Gasteiger partial charge is 0.416 e. The van der Waals surface area contributed by atoms with Gasteiger partial charge in [-0.3, -0.25) is 0 Å². The lowest BCUT2D eigenvalue weighted by atomic mass is 10.1. The van der Waals surface area contributed by atoms with E-state index in [1.165, 1.54) is 11.2 Å². The molecular formula is C15H19F3N2O2S. The van der Waals surface area contributed by atoms with Crippen molar-refractivity contribution in [2.24, 2.45) is 0 Å². The lowest BCUT2D eigenvalue weighted by Crippen LogP contribution is -2.43. The molecule has 23 heavy (non-hydrogen) atoms. The van der Waals surface area contributed by atoms with E-state index in [4.69, 9.17) is 0 Å². The molecule has 0 bridgehead atoms. The van der Waals surface area contributed by atoms with E-state index in [-0.39, 0.29) is 22.5 Å². The van der Waals surface area contributed by atoms with Crippen molar-refractivity contribution in [1.82, 2.24) is 9.62 Å². The van der Waals surface area contributed by atoms with Crippen LogP contribution in [0.25, 0.3) is 0 Å². The Morgan fingerprint density at radius 3 is 2.35 bits per heavy atom. The number of benzene rings is 1. The summed E-state index contributed by atoms with van der Waals surface area (Å²) in [5, 5.41) is 3.15. The summed E-state index contributed by atoms with van der Waals surface area (Å²) in [6, 6.07) is 2.70. The third-order valence-corrected chi connectivity index (χ3v) is 6.52. The molecule has 2 aliphatic rings. The maximum Gasteiger partial charge on any atom is 0.416 e. The Hall–Kier alpha value is -1.12. The second-order valence-corrected chi connectivity index (χ2v) is 8.00. The molecule has 2 fully saturated rings. The number of sulfonamides is 1. The summed E-state index contributed by atoms with van der Waals surface area (Å²) in [4.78, 5) is -0.0238. The highest BCUT2D eigenvalue weighted by molar-refractivity contribution is 7.89. The predicted molar refractivity (Wildman–Crippen MR) is 79.5 cm³/mol. The van der Waals surface area contributed by atoms with Crippen molar-refractivity contribution in [1.29, 1.82) is 0 Å². The van der Waals surface area contributed by atoms with E-state index in [0.29, 0.717) is 6.54 Å². The number of hydrogen-bond donors (Lipinski definition) is 1. The van der Waals surface area contributed by atoms with Crippen molar-refractivity contribution in [3.05, 3.63) is 29.3 Å². The van der Waals surface area contributed by atoms with Crippen LogP contribution in [0.5, 0.6) is 0 Å². The molecule has 1 atom stereocenters. The summed E-state index contributed by atoms with van der Waals surface area (Å²) in [5.41, 5.74) is -0.689. The molecule has 1 unspecified atom stereocenters. The molecule has 1 saturated carbocycles. The van der Waals surface area contributed by atoms with E-state index in [2.05, 4.69) is 5.32 Å². The first-order valence-electron chi connectivity index (χ1n) is 7.63. The SMILES string of the molecule is Cc1cc(C(F)(F)F)ccc1S(=O)(=O)N(C1CC1)C1CCNC1. The number of rotatable bonds is 4. The summed E-state index contributed by atoms with van der Waals surface area (Å²) < 4.78 is 65.8. The zero-order chi connectivity index (χ0) is 16.8. The summed E-state index contributed by atoms with van der Waals surface area (Å²) in [6.45, 7) is 2.77. The van der Waals surface area contributed by atoms with Crippen molar-refractivity contribution in [3.63, 3.8) is 0 Å². The van der Waals surface area contributed by atoms with Crippen LogP contribution < -0.4 is 5.32 Å². The second-order valence-electron chi connectivity index (χ2n) is 6.19. The molecule has 8 heteroatoms. The molecular weight excluding hydrogens is 329 g/mol. The molecule has 128 valence electrons. The topological polar surface area (TPSA) is 49.4 Å². The van der Waals surface area contributed by atoms with Gasteiger partial charge in [0.1, 0.15) is 0 Å². The van der Waals surface area contributed by atoms with Crippen molar-refractivity contribution < 1.29 is 21.6 Å². The molecule has 0 spiro atoms. The summed E-state index contributed by atoms with van der Waals surface area (Å²) in [6.07, 6.45) is -2.11. The van der Waals surface area contributed by atoms with Crippen LogP contribution in [-0.2, 0) is 16.2 Å². The Bertz CT molecular complexity index is 693. The molecule has 1 saturated heterocycles. The highest BCUT2D eigenvalue weighted by Crippen LogP contribution is 2.37. The molecule has 0 amide bonds. The summed E-state index contributed by atoms with van der Waals surface area (Å²) in [7, 11) is -3.79. The number of nitrogens with zero attached hydrogens (tertiary/aromatic N) is 1. The standard InChI is InChI=1S/C15H19F3N2O2S/c1-10-8-11(15(16,17)18)2-5-14(10)23(21,22)20(12-3-4-12)13-6-7-19-9-13/h2,5,8,12-13,19H,3-4,6-7,9H2,1H3. The third kappa shape index (κ3) is 3.25. The van der Waals surface area contributed by atoms with Gasteiger partial charge in [0, 0.05) is 18.6 Å². The Morgan fingerprint density at radius 2 is 1.87 bits per heavy atom. The Labute approximate surface area is 133 Å². The minimum absolute atomic E-state index is 0.0217. The van der Waals surface area contributed by atoms with Crippen LogP contribution in [0.4, 0.5) is 13.2 Å². The molecule has 1 aliphatic heterocycles. The average Bonchev–Trinajstić information content (AvgIpc) is 3.11. The molecule has 1 heterocycles. The van der Waals surface area contributed by atoms with Gasteiger partial charge in [-0.25, -0.2) is 8.42 Å². The van der Waals surface area contributed by atoms with Crippen LogP contribution in [0.2, 0.25) is 0 Å². The maximum atomic E-state index is 13.0. The van der Waals surface area contributed by atoms with E-state index in [0.717, 1.165) is 44.0 Å². The van der Waals surface area contributed by atoms with E-state index < -0.39 is 21.8 Å². The smallest absolute Gasteiger partial charge is 0.315 e. The Kier molecular flexibility index (Phi) is 4.18. The minimum Gasteiger partial charge on any atom is -0.315 e. The van der Waals surface area contributed by atoms with Crippen molar-refractivity contribution in [3.8, 4) is 0 Å². The molecule has 3 rings (SSSR count). The van der Waals surface area contributed by atoms with E-state index in [1.54, 1.807) is 0 Å². The zero-order valence-electron chi connectivity index (χ0n) is 12.7. The first-order valence-corrected chi connectivity index (χ1v) is 9.07. The van der Waals surface area contributed by atoms with Crippen LogP contribution in [0.15, 0.2) is 23.1 Å². The monoisotopic (exact) mass is 348 g/mol. The fourth-order valence-electron chi connectivity index (χ4n) is 3.11. The first kappa shape index (κ1) is 16.7. The van der Waals surface area contributed by atoms with E-state index >= 15 is 0 Å². The van der Waals surface area contributed by atoms with Crippen molar-refractivity contribution in [2.45, 2.75) is 49.3 Å². The third-order valence-electron chi connectivity index (χ3n) is 4.36. The average molecular weight is 348 g/mol. The van der Waals surface area contributed by atoms with Gasteiger partial charge in [0.2, 0.25) is 10.0 Å². The maximum absolute atomic E-state index is 13.0. The van der Waals surface area contributed by atoms with Crippen LogP contribution in [0.3, 0.4) is 0 Å². The first-order chi connectivity index (χ1) is 10.7. The van der Waals surface area contributed by atoms with Crippen molar-refractivity contribution >= 4 is 10.0 Å². The van der Waals surface area contributed by atoms with Crippen LogP contribution in [0, 0.1) is 6.92 Å². The van der Waals surface area contributed by atoms with Gasteiger partial charge in [-0.15, -0.1) is 0 Å². The Balaban J connectivity index is 1.98. The van der Waals surface area contributed by atoms with E-state index in [1.807, 2.05) is 0 Å². The van der Waals surface area contributed by atoms with Gasteiger partial charge in [-0.05, 0) is 56.5 Å². The van der Waals surface area contributed by atoms with Gasteiger partial charge in [0.25, 0.3) is 0 Å². The summed E-state index contributed by atoms with van der Waals surface area (Å²) in [5.74, 6) is 0. The van der Waals surface area contributed by atoms with Gasteiger partial charge in [-0.2, -0.15) is 17.5 Å². The highest BCUT2D eigenvalue weighted by atomic mass is 32.2. The van der Waals surface area contributed by atoms with Crippen LogP contribution >= 0.6 is 0 Å². The molecule has 4 nitrogen and oxygen atoms in total. The molecule has 1 aliphatic carbocycles. The number of alkyl halides is 3. The van der Waals surface area contributed by atoms with Gasteiger partial charge >= 0.3 is 6.18 Å². The van der Waals surface area contributed by atoms with Crippen LogP contribution in [-0.4, -0.2) is 37.9 Å². The highest BCUT2D eigenvalue weighted by Gasteiger charge is 2.44. The molecule has 1 aromatic carbocycles. The van der Waals surface area contributed by atoms with E-state index in [9.17, 15) is 21.6 Å². The molecule has 0 aromatic heterocycles. The normalized spacial score (nSPS) is 22.7. The Morgan fingerprint density at radius 1 is 1.17 bits per heavy atom. The number of aryl methyl sites for hydroxylation is 1. The molecule has 1 aromatic rings. The fourth-order valence-corrected chi connectivity index (χ4v) is 5.21. The number of nitrogens with one attached hydrogen (secondary N) is 1. The van der Waals surface area contributed by atoms with Gasteiger partial charge in [-0.1, -0.05) is 0 Å².